The van der Waals surface area contributed by atoms with Crippen LogP contribution >= 0.6 is 0 Å². The minimum absolute atomic E-state index is 0.0126. The van der Waals surface area contributed by atoms with Gasteiger partial charge in [-0.25, -0.2) is 4.39 Å². The van der Waals surface area contributed by atoms with Crippen molar-refractivity contribution >= 4 is 5.91 Å². The van der Waals surface area contributed by atoms with Crippen molar-refractivity contribution in [1.82, 2.24) is 20.1 Å². The lowest BCUT2D eigenvalue weighted by molar-refractivity contribution is -0.121. The molecule has 1 aliphatic rings. The first-order chi connectivity index (χ1) is 17.4. The Bertz CT molecular complexity index is 945. The van der Waals surface area contributed by atoms with Gasteiger partial charge in [-0.1, -0.05) is 32.3 Å². The fourth-order valence-electron chi connectivity index (χ4n) is 4.79. The van der Waals surface area contributed by atoms with Crippen molar-refractivity contribution in [3.05, 3.63) is 47.9 Å². The van der Waals surface area contributed by atoms with Crippen LogP contribution in [0.4, 0.5) is 4.39 Å². The van der Waals surface area contributed by atoms with Crippen LogP contribution in [-0.4, -0.2) is 73.6 Å². The Morgan fingerprint density at radius 2 is 1.92 bits per heavy atom. The van der Waals surface area contributed by atoms with Gasteiger partial charge in [0.1, 0.15) is 18.2 Å². The first-order valence-electron chi connectivity index (χ1n) is 13.4. The molecule has 1 heterocycles. The summed E-state index contributed by atoms with van der Waals surface area (Å²) in [5.74, 6) is 0.734. The van der Waals surface area contributed by atoms with Gasteiger partial charge in [0.05, 0.1) is 12.1 Å². The molecule has 1 aromatic carbocycles. The predicted octanol–water partition coefficient (Wildman–Crippen LogP) is 4.78. The van der Waals surface area contributed by atoms with E-state index in [9.17, 15) is 9.18 Å². The molecule has 0 saturated heterocycles. The molecular weight excluding hydrogens is 455 g/mol. The second-order valence-electron chi connectivity index (χ2n) is 10.2. The van der Waals surface area contributed by atoms with Gasteiger partial charge in [0, 0.05) is 43.5 Å². The number of rotatable bonds is 13. The first kappa shape index (κ1) is 28.1. The summed E-state index contributed by atoms with van der Waals surface area (Å²) in [5, 5.41) is 3.15. The molecular formula is C29H43FN4O2. The maximum Gasteiger partial charge on any atom is 0.224 e. The summed E-state index contributed by atoms with van der Waals surface area (Å²) < 4.78 is 20.6. The average Bonchev–Trinajstić information content (AvgIpc) is 2.87. The predicted molar refractivity (Wildman–Crippen MR) is 144 cm³/mol. The molecule has 0 radical (unpaired) electrons. The van der Waals surface area contributed by atoms with E-state index in [1.165, 1.54) is 38.2 Å². The van der Waals surface area contributed by atoms with Crippen LogP contribution in [-0.2, 0) is 11.2 Å². The van der Waals surface area contributed by atoms with Crippen molar-refractivity contribution in [2.45, 2.75) is 58.4 Å². The lowest BCUT2D eigenvalue weighted by Gasteiger charge is -2.28. The number of ether oxygens (including phenoxy) is 1. The third-order valence-corrected chi connectivity index (χ3v) is 7.14. The number of aromatic nitrogens is 1. The number of carbonyl (C=O) groups excluding carboxylic acids is 1. The molecule has 36 heavy (non-hydrogen) atoms. The molecule has 1 atom stereocenters. The van der Waals surface area contributed by atoms with Crippen molar-refractivity contribution in [2.75, 3.05) is 46.9 Å². The molecule has 2 aromatic rings. The van der Waals surface area contributed by atoms with E-state index < -0.39 is 0 Å². The van der Waals surface area contributed by atoms with Gasteiger partial charge < -0.3 is 15.0 Å². The fraction of sp³-hybridized carbons (Fsp3) is 0.586. The maximum atomic E-state index is 14.8. The molecule has 0 bridgehead atoms. The number of nitrogens with zero attached hydrogens (tertiary/aromatic N) is 3. The molecule has 0 spiro atoms. The topological polar surface area (TPSA) is 57.7 Å². The van der Waals surface area contributed by atoms with Crippen LogP contribution in [0, 0.1) is 11.7 Å². The fourth-order valence-corrected chi connectivity index (χ4v) is 4.79. The van der Waals surface area contributed by atoms with Gasteiger partial charge >= 0.3 is 0 Å². The minimum atomic E-state index is -0.369. The molecule has 3 rings (SSSR count). The van der Waals surface area contributed by atoms with Gasteiger partial charge in [-0.2, -0.15) is 0 Å². The SMILES string of the molecule is CCN(CCOc1ccc(-c2ccc(CC(=O)N[C@H](C)C3CCCCC3)cn2)c(F)c1)CCN(C)C. The van der Waals surface area contributed by atoms with E-state index in [1.807, 2.05) is 6.07 Å². The molecule has 1 amide bonds. The Kier molecular flexibility index (Phi) is 11.1. The van der Waals surface area contributed by atoms with Gasteiger partial charge in [0.15, 0.2) is 0 Å². The van der Waals surface area contributed by atoms with Crippen molar-refractivity contribution in [3.8, 4) is 17.0 Å². The first-order valence-corrected chi connectivity index (χ1v) is 13.4. The number of amides is 1. The number of hydrogen-bond acceptors (Lipinski definition) is 5. The minimum Gasteiger partial charge on any atom is -0.492 e. The number of benzene rings is 1. The number of pyridine rings is 1. The van der Waals surface area contributed by atoms with E-state index in [0.717, 1.165) is 31.7 Å². The smallest absolute Gasteiger partial charge is 0.224 e. The summed E-state index contributed by atoms with van der Waals surface area (Å²) in [4.78, 5) is 21.4. The molecule has 198 valence electrons. The highest BCUT2D eigenvalue weighted by Crippen LogP contribution is 2.27. The van der Waals surface area contributed by atoms with E-state index in [-0.39, 0.29) is 24.2 Å². The van der Waals surface area contributed by atoms with Crippen LogP contribution in [0.2, 0.25) is 0 Å². The van der Waals surface area contributed by atoms with Crippen LogP contribution in [0.25, 0.3) is 11.3 Å². The third kappa shape index (κ3) is 8.86. The molecule has 6 nitrogen and oxygen atoms in total. The highest BCUT2D eigenvalue weighted by atomic mass is 19.1. The average molecular weight is 499 g/mol. The monoisotopic (exact) mass is 498 g/mol. The summed E-state index contributed by atoms with van der Waals surface area (Å²) >= 11 is 0. The van der Waals surface area contributed by atoms with Crippen LogP contribution in [0.1, 0.15) is 51.5 Å². The Morgan fingerprint density at radius 3 is 2.56 bits per heavy atom. The van der Waals surface area contributed by atoms with E-state index in [1.54, 1.807) is 24.4 Å². The van der Waals surface area contributed by atoms with Gasteiger partial charge in [0.2, 0.25) is 5.91 Å². The zero-order chi connectivity index (χ0) is 25.9. The molecule has 1 aromatic heterocycles. The van der Waals surface area contributed by atoms with Crippen LogP contribution in [0.3, 0.4) is 0 Å². The Balaban J connectivity index is 1.49. The van der Waals surface area contributed by atoms with Crippen LogP contribution in [0.5, 0.6) is 5.75 Å². The van der Waals surface area contributed by atoms with Crippen LogP contribution in [0.15, 0.2) is 36.5 Å². The largest absolute Gasteiger partial charge is 0.492 e. The summed E-state index contributed by atoms with van der Waals surface area (Å²) in [6.07, 6.45) is 8.16. The maximum absolute atomic E-state index is 14.8. The lowest BCUT2D eigenvalue weighted by atomic mass is 9.84. The number of carbonyl (C=O) groups is 1. The molecule has 1 N–H and O–H groups in total. The molecule has 0 unspecified atom stereocenters. The lowest BCUT2D eigenvalue weighted by Crippen LogP contribution is -2.39. The molecule has 7 heteroatoms. The van der Waals surface area contributed by atoms with Crippen molar-refractivity contribution in [1.29, 1.82) is 0 Å². The Hall–Kier alpha value is -2.51. The van der Waals surface area contributed by atoms with Gasteiger partial charge in [-0.3, -0.25) is 14.7 Å². The van der Waals surface area contributed by atoms with E-state index in [4.69, 9.17) is 4.74 Å². The zero-order valence-corrected chi connectivity index (χ0v) is 22.4. The van der Waals surface area contributed by atoms with Crippen molar-refractivity contribution in [2.24, 2.45) is 5.92 Å². The van der Waals surface area contributed by atoms with E-state index in [2.05, 4.69) is 48.0 Å². The highest BCUT2D eigenvalue weighted by Gasteiger charge is 2.21. The second kappa shape index (κ2) is 14.3. The summed E-state index contributed by atoms with van der Waals surface area (Å²) in [6, 6.07) is 8.73. The highest BCUT2D eigenvalue weighted by molar-refractivity contribution is 5.79. The molecule has 1 aliphatic carbocycles. The summed E-state index contributed by atoms with van der Waals surface area (Å²) in [5.41, 5.74) is 1.78. The molecule has 1 saturated carbocycles. The Morgan fingerprint density at radius 1 is 1.14 bits per heavy atom. The normalized spacial score (nSPS) is 15.3. The number of nitrogens with one attached hydrogen (secondary N) is 1. The molecule has 1 fully saturated rings. The van der Waals surface area contributed by atoms with Gasteiger partial charge in [0.25, 0.3) is 0 Å². The van der Waals surface area contributed by atoms with Crippen molar-refractivity contribution < 1.29 is 13.9 Å². The van der Waals surface area contributed by atoms with Crippen LogP contribution < -0.4 is 10.1 Å². The van der Waals surface area contributed by atoms with E-state index in [0.29, 0.717) is 29.5 Å². The number of halogens is 1. The van der Waals surface area contributed by atoms with Gasteiger partial charge in [-0.05, 0) is 70.1 Å². The molecule has 0 aliphatic heterocycles. The third-order valence-electron chi connectivity index (χ3n) is 7.14. The summed E-state index contributed by atoms with van der Waals surface area (Å²) in [7, 11) is 4.13. The Labute approximate surface area is 216 Å². The van der Waals surface area contributed by atoms with Crippen molar-refractivity contribution in [3.63, 3.8) is 0 Å². The number of hydrogen-bond donors (Lipinski definition) is 1. The van der Waals surface area contributed by atoms with E-state index >= 15 is 0 Å². The standard InChI is InChI=1S/C29H43FN4O2/c1-5-34(16-15-33(3)4)17-18-36-25-12-13-26(27(30)20-25)28-14-11-23(21-31-28)19-29(35)32-22(2)24-9-7-6-8-10-24/h11-14,20-22,24H,5-10,15-19H2,1-4H3,(H,32,35)/t22-/m1/s1. The second-order valence-corrected chi connectivity index (χ2v) is 10.2. The quantitative estimate of drug-likeness (QED) is 0.431. The summed E-state index contributed by atoms with van der Waals surface area (Å²) in [6.45, 7) is 8.46. The zero-order valence-electron chi connectivity index (χ0n) is 22.4. The van der Waals surface area contributed by atoms with Gasteiger partial charge in [-0.15, -0.1) is 0 Å². The number of likely N-dealkylation sites (N-methyl/N-ethyl adjacent to an activating group) is 2.